The molecule has 0 saturated heterocycles. The first kappa shape index (κ1) is 11.7. The second-order valence-electron chi connectivity index (χ2n) is 3.54. The molecule has 0 aliphatic carbocycles. The van der Waals surface area contributed by atoms with Crippen molar-refractivity contribution in [2.24, 2.45) is 0 Å². The van der Waals surface area contributed by atoms with E-state index in [4.69, 9.17) is 5.73 Å². The number of nitrogens with zero attached hydrogens (tertiary/aromatic N) is 1. The van der Waals surface area contributed by atoms with Crippen LogP contribution in [-0.4, -0.2) is 10.7 Å². The maximum Gasteiger partial charge on any atom is 0.0638 e. The quantitative estimate of drug-likeness (QED) is 0.834. The van der Waals surface area contributed by atoms with Gasteiger partial charge in [0.05, 0.1) is 11.9 Å². The van der Waals surface area contributed by atoms with Gasteiger partial charge in [-0.15, -0.1) is 11.8 Å². The van der Waals surface area contributed by atoms with Crippen molar-refractivity contribution in [3.8, 4) is 0 Å². The number of nitrogen functional groups attached to an aromatic ring is 1. The molecule has 2 rings (SSSR count). The van der Waals surface area contributed by atoms with E-state index in [1.807, 2.05) is 24.3 Å². The molecule has 0 bridgehead atoms. The average Bonchev–Trinajstić information content (AvgIpc) is 2.38. The van der Waals surface area contributed by atoms with E-state index in [0.717, 1.165) is 16.3 Å². The highest BCUT2D eigenvalue weighted by Gasteiger charge is 1.96. The van der Waals surface area contributed by atoms with Crippen molar-refractivity contribution in [1.29, 1.82) is 0 Å². The van der Waals surface area contributed by atoms with Crippen LogP contribution in [0.3, 0.4) is 0 Å². The highest BCUT2D eigenvalue weighted by atomic mass is 32.2. The van der Waals surface area contributed by atoms with Crippen LogP contribution in [0, 0.1) is 0 Å². The molecule has 0 saturated carbocycles. The summed E-state index contributed by atoms with van der Waals surface area (Å²) in [6.07, 6.45) is 7.70. The Morgan fingerprint density at radius 3 is 2.76 bits per heavy atom. The first-order valence-electron chi connectivity index (χ1n) is 5.40. The van der Waals surface area contributed by atoms with Gasteiger partial charge in [-0.25, -0.2) is 0 Å². The number of rotatable bonds is 4. The van der Waals surface area contributed by atoms with Gasteiger partial charge in [0.1, 0.15) is 0 Å². The molecule has 0 radical (unpaired) electrons. The van der Waals surface area contributed by atoms with Crippen LogP contribution in [0.4, 0.5) is 5.69 Å². The smallest absolute Gasteiger partial charge is 0.0638 e. The topological polar surface area (TPSA) is 38.9 Å². The van der Waals surface area contributed by atoms with Crippen molar-refractivity contribution in [3.05, 3.63) is 60.4 Å². The summed E-state index contributed by atoms with van der Waals surface area (Å²) in [5, 5.41) is 0. The van der Waals surface area contributed by atoms with E-state index in [1.54, 1.807) is 24.2 Å². The second kappa shape index (κ2) is 6.11. The summed E-state index contributed by atoms with van der Waals surface area (Å²) < 4.78 is 0. The van der Waals surface area contributed by atoms with Crippen molar-refractivity contribution in [3.63, 3.8) is 0 Å². The molecule has 0 spiro atoms. The van der Waals surface area contributed by atoms with Crippen LogP contribution in [-0.2, 0) is 0 Å². The molecule has 0 amide bonds. The van der Waals surface area contributed by atoms with Crippen molar-refractivity contribution in [2.45, 2.75) is 4.90 Å². The van der Waals surface area contributed by atoms with Crippen molar-refractivity contribution in [1.82, 2.24) is 4.98 Å². The number of thioether (sulfide) groups is 1. The third kappa shape index (κ3) is 3.64. The summed E-state index contributed by atoms with van der Waals surface area (Å²) >= 11 is 1.71. The summed E-state index contributed by atoms with van der Waals surface area (Å²) in [4.78, 5) is 5.05. The molecule has 0 unspecified atom stereocenters. The third-order valence-corrected chi connectivity index (χ3v) is 3.30. The lowest BCUT2D eigenvalue weighted by Gasteiger charge is -2.01. The van der Waals surface area contributed by atoms with E-state index in [0.29, 0.717) is 0 Å². The number of anilines is 1. The fourth-order valence-corrected chi connectivity index (χ4v) is 2.16. The number of hydrogen-bond acceptors (Lipinski definition) is 3. The first-order valence-corrected chi connectivity index (χ1v) is 6.39. The van der Waals surface area contributed by atoms with Gasteiger partial charge < -0.3 is 5.73 Å². The molecule has 0 aliphatic heterocycles. The normalized spacial score (nSPS) is 10.8. The van der Waals surface area contributed by atoms with Gasteiger partial charge in [0.25, 0.3) is 0 Å². The van der Waals surface area contributed by atoms with Crippen LogP contribution in [0.2, 0.25) is 0 Å². The maximum absolute atomic E-state index is 5.81. The number of hydrogen-bond donors (Lipinski definition) is 1. The Bertz CT molecular complexity index is 495. The monoisotopic (exact) mass is 242 g/mol. The summed E-state index contributed by atoms with van der Waals surface area (Å²) in [5.41, 5.74) is 7.77. The van der Waals surface area contributed by atoms with Crippen molar-refractivity contribution >= 4 is 23.5 Å². The van der Waals surface area contributed by atoms with Gasteiger partial charge >= 0.3 is 0 Å². The van der Waals surface area contributed by atoms with Crippen LogP contribution in [0.5, 0.6) is 0 Å². The minimum absolute atomic E-state index is 0.741. The summed E-state index contributed by atoms with van der Waals surface area (Å²) in [6.45, 7) is 0. The zero-order chi connectivity index (χ0) is 11.9. The molecule has 2 N–H and O–H groups in total. The van der Waals surface area contributed by atoms with Gasteiger partial charge in [0.15, 0.2) is 0 Å². The van der Waals surface area contributed by atoms with E-state index in [1.165, 1.54) is 5.56 Å². The molecule has 1 aromatic heterocycles. The predicted octanol–water partition coefficient (Wildman–Crippen LogP) is 3.47. The van der Waals surface area contributed by atoms with Gasteiger partial charge in [-0.3, -0.25) is 4.98 Å². The Hall–Kier alpha value is -1.74. The molecule has 0 atom stereocenters. The standard InChI is InChI=1S/C14H14N2S/c15-13-11-16-9-8-14(13)17-10-4-7-12-5-2-1-3-6-12/h1-9,11H,10,15H2/b7-4+. The minimum Gasteiger partial charge on any atom is -0.397 e. The zero-order valence-corrected chi connectivity index (χ0v) is 10.2. The van der Waals surface area contributed by atoms with Gasteiger partial charge in [-0.2, -0.15) is 0 Å². The van der Waals surface area contributed by atoms with Crippen molar-refractivity contribution < 1.29 is 0 Å². The van der Waals surface area contributed by atoms with E-state index in [-0.39, 0.29) is 0 Å². The van der Waals surface area contributed by atoms with Gasteiger partial charge in [0, 0.05) is 16.8 Å². The SMILES string of the molecule is Nc1cnccc1SC/C=C/c1ccccc1. The molecule has 2 aromatic rings. The minimum atomic E-state index is 0.741. The Labute approximate surface area is 106 Å². The summed E-state index contributed by atoms with van der Waals surface area (Å²) in [6, 6.07) is 12.2. The van der Waals surface area contributed by atoms with Gasteiger partial charge in [-0.05, 0) is 11.6 Å². The largest absolute Gasteiger partial charge is 0.397 e. The Kier molecular flexibility index (Phi) is 4.22. The average molecular weight is 242 g/mol. The summed E-state index contributed by atoms with van der Waals surface area (Å²) in [7, 11) is 0. The lowest BCUT2D eigenvalue weighted by molar-refractivity contribution is 1.27. The van der Waals surface area contributed by atoms with E-state index < -0.39 is 0 Å². The highest BCUT2D eigenvalue weighted by Crippen LogP contribution is 2.23. The molecule has 2 nitrogen and oxygen atoms in total. The maximum atomic E-state index is 5.81. The van der Waals surface area contributed by atoms with Crippen LogP contribution < -0.4 is 5.73 Å². The number of pyridine rings is 1. The second-order valence-corrected chi connectivity index (χ2v) is 4.60. The zero-order valence-electron chi connectivity index (χ0n) is 9.41. The fraction of sp³-hybridized carbons (Fsp3) is 0.0714. The summed E-state index contributed by atoms with van der Waals surface area (Å²) in [5.74, 6) is 0.906. The molecule has 86 valence electrons. The third-order valence-electron chi connectivity index (χ3n) is 2.26. The molecule has 1 heterocycles. The van der Waals surface area contributed by atoms with E-state index >= 15 is 0 Å². The Morgan fingerprint density at radius 1 is 1.18 bits per heavy atom. The Morgan fingerprint density at radius 2 is 2.00 bits per heavy atom. The van der Waals surface area contributed by atoms with Crippen LogP contribution >= 0.6 is 11.8 Å². The molecule has 17 heavy (non-hydrogen) atoms. The lowest BCUT2D eigenvalue weighted by atomic mass is 10.2. The molecular weight excluding hydrogens is 228 g/mol. The lowest BCUT2D eigenvalue weighted by Crippen LogP contribution is -1.89. The predicted molar refractivity (Wildman–Crippen MR) is 74.8 cm³/mol. The van der Waals surface area contributed by atoms with Crippen LogP contribution in [0.15, 0.2) is 59.8 Å². The number of nitrogens with two attached hydrogens (primary N) is 1. The molecule has 1 aromatic carbocycles. The van der Waals surface area contributed by atoms with Gasteiger partial charge in [-0.1, -0.05) is 42.5 Å². The highest BCUT2D eigenvalue weighted by molar-refractivity contribution is 7.99. The molecular formula is C14H14N2S. The molecule has 0 fully saturated rings. The van der Waals surface area contributed by atoms with Crippen LogP contribution in [0.1, 0.15) is 5.56 Å². The first-order chi connectivity index (χ1) is 8.36. The molecule has 0 aliphatic rings. The number of aromatic nitrogens is 1. The van der Waals surface area contributed by atoms with Crippen molar-refractivity contribution in [2.75, 3.05) is 11.5 Å². The van der Waals surface area contributed by atoms with Crippen LogP contribution in [0.25, 0.3) is 6.08 Å². The number of benzene rings is 1. The Balaban J connectivity index is 1.88. The fourth-order valence-electron chi connectivity index (χ4n) is 1.41. The van der Waals surface area contributed by atoms with E-state index in [2.05, 4.69) is 29.3 Å². The molecule has 3 heteroatoms. The van der Waals surface area contributed by atoms with Gasteiger partial charge in [0.2, 0.25) is 0 Å². The van der Waals surface area contributed by atoms with E-state index in [9.17, 15) is 0 Å².